The van der Waals surface area contributed by atoms with Crippen molar-refractivity contribution in [3.63, 3.8) is 0 Å². The summed E-state index contributed by atoms with van der Waals surface area (Å²) in [4.78, 5) is 11.3. The molecule has 5 nitrogen and oxygen atoms in total. The SMILES string of the molecule is O=C(O)c1ccc2c(c1)O[C@H]1C[C@@H](O)[C@H](/C=C/C(O)C3(c4cccc(C(F)(F)F)c4)CC3)[C@H]1CC2. The van der Waals surface area contributed by atoms with Gasteiger partial charge in [-0.05, 0) is 55.0 Å². The normalized spacial score (nSPS) is 28.0. The molecular formula is C27H27F3O5. The van der Waals surface area contributed by atoms with E-state index in [2.05, 4.69) is 0 Å². The Bertz CT molecular complexity index is 1150. The van der Waals surface area contributed by atoms with E-state index < -0.39 is 35.3 Å². The van der Waals surface area contributed by atoms with Crippen molar-refractivity contribution in [3.8, 4) is 5.75 Å². The van der Waals surface area contributed by atoms with Crippen molar-refractivity contribution < 1.29 is 38.0 Å². The number of halogens is 3. The van der Waals surface area contributed by atoms with Gasteiger partial charge in [-0.1, -0.05) is 36.4 Å². The second-order valence-electron chi connectivity index (χ2n) is 9.93. The minimum absolute atomic E-state index is 0.0298. The molecule has 0 bridgehead atoms. The van der Waals surface area contributed by atoms with Gasteiger partial charge in [0.05, 0.1) is 23.3 Å². The van der Waals surface area contributed by atoms with E-state index in [1.807, 2.05) is 0 Å². The van der Waals surface area contributed by atoms with Gasteiger partial charge in [0.25, 0.3) is 0 Å². The number of aliphatic hydroxyl groups is 2. The predicted molar refractivity (Wildman–Crippen MR) is 121 cm³/mol. The first-order chi connectivity index (χ1) is 16.6. The van der Waals surface area contributed by atoms with Crippen LogP contribution in [0.5, 0.6) is 5.75 Å². The zero-order chi connectivity index (χ0) is 25.0. The van der Waals surface area contributed by atoms with Gasteiger partial charge in [0.15, 0.2) is 0 Å². The number of rotatable bonds is 5. The lowest BCUT2D eigenvalue weighted by atomic mass is 9.85. The predicted octanol–water partition coefficient (Wildman–Crippen LogP) is 4.74. The summed E-state index contributed by atoms with van der Waals surface area (Å²) >= 11 is 0. The molecule has 1 unspecified atom stereocenters. The summed E-state index contributed by atoms with van der Waals surface area (Å²) in [5.41, 5.74) is 0.0572. The van der Waals surface area contributed by atoms with E-state index in [-0.39, 0.29) is 23.5 Å². The molecule has 2 aromatic carbocycles. The number of alkyl halides is 3. The van der Waals surface area contributed by atoms with E-state index in [0.717, 1.165) is 24.1 Å². The molecule has 5 atom stereocenters. The molecule has 0 aromatic heterocycles. The molecule has 186 valence electrons. The second-order valence-corrected chi connectivity index (χ2v) is 9.93. The highest BCUT2D eigenvalue weighted by molar-refractivity contribution is 5.88. The summed E-state index contributed by atoms with van der Waals surface area (Å²) in [6.45, 7) is 0. The lowest BCUT2D eigenvalue weighted by Crippen LogP contribution is -2.26. The van der Waals surface area contributed by atoms with Crippen molar-refractivity contribution in [2.75, 3.05) is 0 Å². The van der Waals surface area contributed by atoms with E-state index in [0.29, 0.717) is 37.0 Å². The first kappa shape index (κ1) is 23.9. The molecule has 0 radical (unpaired) electrons. The number of hydrogen-bond donors (Lipinski definition) is 3. The van der Waals surface area contributed by atoms with E-state index >= 15 is 0 Å². The minimum Gasteiger partial charge on any atom is -0.490 e. The zero-order valence-electron chi connectivity index (χ0n) is 18.9. The van der Waals surface area contributed by atoms with Crippen molar-refractivity contribution in [2.24, 2.45) is 11.8 Å². The molecular weight excluding hydrogens is 461 g/mol. The van der Waals surface area contributed by atoms with Crippen LogP contribution in [0.1, 0.15) is 52.7 Å². The maximum atomic E-state index is 13.2. The number of fused-ring (bicyclic) bond motifs is 2. The Morgan fingerprint density at radius 1 is 1.17 bits per heavy atom. The molecule has 5 rings (SSSR count). The first-order valence-corrected chi connectivity index (χ1v) is 11.8. The highest BCUT2D eigenvalue weighted by atomic mass is 19.4. The molecule has 3 aliphatic rings. The van der Waals surface area contributed by atoms with Crippen LogP contribution in [0.3, 0.4) is 0 Å². The molecule has 2 fully saturated rings. The third-order valence-electron chi connectivity index (χ3n) is 7.86. The lowest BCUT2D eigenvalue weighted by molar-refractivity contribution is -0.137. The number of hydrogen-bond acceptors (Lipinski definition) is 4. The highest BCUT2D eigenvalue weighted by Gasteiger charge is 2.50. The molecule has 2 aliphatic carbocycles. The van der Waals surface area contributed by atoms with Crippen LogP contribution >= 0.6 is 0 Å². The Balaban J connectivity index is 1.33. The van der Waals surface area contributed by atoms with Crippen LogP contribution in [-0.2, 0) is 18.0 Å². The lowest BCUT2D eigenvalue weighted by Gasteiger charge is -2.24. The molecule has 2 aromatic rings. The Morgan fingerprint density at radius 2 is 1.94 bits per heavy atom. The maximum absolute atomic E-state index is 13.2. The molecule has 1 heterocycles. The Kier molecular flexibility index (Phi) is 5.92. The summed E-state index contributed by atoms with van der Waals surface area (Å²) in [5.74, 6) is -0.818. The molecule has 3 N–H and O–H groups in total. The summed E-state index contributed by atoms with van der Waals surface area (Å²) in [5, 5.41) is 31.0. The van der Waals surface area contributed by atoms with Gasteiger partial charge in [-0.2, -0.15) is 13.2 Å². The van der Waals surface area contributed by atoms with E-state index in [4.69, 9.17) is 4.74 Å². The van der Waals surface area contributed by atoms with Gasteiger partial charge >= 0.3 is 12.1 Å². The van der Waals surface area contributed by atoms with Crippen molar-refractivity contribution in [2.45, 2.75) is 62.0 Å². The van der Waals surface area contributed by atoms with Crippen molar-refractivity contribution in [3.05, 3.63) is 76.9 Å². The van der Waals surface area contributed by atoms with Gasteiger partial charge in [-0.15, -0.1) is 0 Å². The zero-order valence-corrected chi connectivity index (χ0v) is 18.9. The number of ether oxygens (including phenoxy) is 1. The molecule has 0 saturated heterocycles. The Morgan fingerprint density at radius 3 is 2.63 bits per heavy atom. The van der Waals surface area contributed by atoms with Gasteiger partial charge in [0, 0.05) is 23.7 Å². The standard InChI is InChI=1S/C27H27F3O5/c28-27(29,30)18-3-1-2-17(13-18)26(10-11-26)24(32)9-8-19-20-7-6-15-4-5-16(25(33)34)12-22(15)35-23(20)14-21(19)31/h1-5,8-9,12-13,19-21,23-24,31-32H,6-7,10-11,14H2,(H,33,34)/b9-8+/t19-,20-,21-,23+,24?/m1/s1. The molecule has 0 spiro atoms. The maximum Gasteiger partial charge on any atom is 0.416 e. The number of carbonyl (C=O) groups is 1. The quantitative estimate of drug-likeness (QED) is 0.529. The van der Waals surface area contributed by atoms with Crippen LogP contribution in [0, 0.1) is 11.8 Å². The monoisotopic (exact) mass is 488 g/mol. The third-order valence-corrected chi connectivity index (χ3v) is 7.86. The smallest absolute Gasteiger partial charge is 0.416 e. The van der Waals surface area contributed by atoms with Crippen LogP contribution in [-0.4, -0.2) is 39.6 Å². The van der Waals surface area contributed by atoms with Gasteiger partial charge in [0.2, 0.25) is 0 Å². The molecule has 0 amide bonds. The van der Waals surface area contributed by atoms with Gasteiger partial charge in [-0.3, -0.25) is 0 Å². The van der Waals surface area contributed by atoms with Gasteiger partial charge in [0.1, 0.15) is 11.9 Å². The van der Waals surface area contributed by atoms with Crippen LogP contribution in [0.2, 0.25) is 0 Å². The fraction of sp³-hybridized carbons (Fsp3) is 0.444. The second kappa shape index (κ2) is 8.68. The fourth-order valence-electron chi connectivity index (χ4n) is 5.69. The fourth-order valence-corrected chi connectivity index (χ4v) is 5.69. The summed E-state index contributed by atoms with van der Waals surface area (Å²) in [6, 6.07) is 9.98. The molecule has 8 heteroatoms. The van der Waals surface area contributed by atoms with Crippen molar-refractivity contribution >= 4 is 5.97 Å². The topological polar surface area (TPSA) is 87.0 Å². The van der Waals surface area contributed by atoms with Crippen LogP contribution < -0.4 is 4.74 Å². The average molecular weight is 489 g/mol. The highest BCUT2D eigenvalue weighted by Crippen LogP contribution is 2.52. The number of benzene rings is 2. The summed E-state index contributed by atoms with van der Waals surface area (Å²) in [7, 11) is 0. The number of aliphatic hydroxyl groups excluding tert-OH is 2. The van der Waals surface area contributed by atoms with Crippen LogP contribution in [0.25, 0.3) is 0 Å². The molecule has 1 aliphatic heterocycles. The number of carboxylic acids is 1. The summed E-state index contributed by atoms with van der Waals surface area (Å²) in [6.07, 6.45) is -0.0493. The van der Waals surface area contributed by atoms with Crippen molar-refractivity contribution in [1.82, 2.24) is 0 Å². The van der Waals surface area contributed by atoms with Crippen LogP contribution in [0.15, 0.2) is 54.6 Å². The van der Waals surface area contributed by atoms with Crippen LogP contribution in [0.4, 0.5) is 13.2 Å². The Hall–Kier alpha value is -2.84. The number of carboxylic acid groups (broad SMARTS) is 1. The largest absolute Gasteiger partial charge is 0.490 e. The third kappa shape index (κ3) is 4.45. The van der Waals surface area contributed by atoms with E-state index in [9.17, 15) is 33.3 Å². The number of aromatic carboxylic acids is 1. The first-order valence-electron chi connectivity index (χ1n) is 11.8. The van der Waals surface area contributed by atoms with E-state index in [1.165, 1.54) is 12.1 Å². The van der Waals surface area contributed by atoms with Crippen molar-refractivity contribution in [1.29, 1.82) is 0 Å². The van der Waals surface area contributed by atoms with Gasteiger partial charge < -0.3 is 20.1 Å². The van der Waals surface area contributed by atoms with E-state index in [1.54, 1.807) is 30.4 Å². The Labute approximate surface area is 200 Å². The average Bonchev–Trinajstić information content (AvgIpc) is 3.59. The molecule has 2 saturated carbocycles. The minimum atomic E-state index is -4.45. The van der Waals surface area contributed by atoms with Gasteiger partial charge in [-0.25, -0.2) is 4.79 Å². The molecule has 35 heavy (non-hydrogen) atoms. The summed E-state index contributed by atoms with van der Waals surface area (Å²) < 4.78 is 45.7. The number of aryl methyl sites for hydroxylation is 1.